The van der Waals surface area contributed by atoms with Gasteiger partial charge < -0.3 is 19.9 Å². The van der Waals surface area contributed by atoms with E-state index >= 15 is 0 Å². The number of ether oxygens (including phenoxy) is 1. The normalized spacial score (nSPS) is 13.2. The molecule has 0 radical (unpaired) electrons. The summed E-state index contributed by atoms with van der Waals surface area (Å²) < 4.78 is 5.47. The summed E-state index contributed by atoms with van der Waals surface area (Å²) in [6, 6.07) is 13.5. The summed E-state index contributed by atoms with van der Waals surface area (Å²) in [5.74, 6) is 5.53. The third kappa shape index (κ3) is 5.82. The highest BCUT2D eigenvalue weighted by atomic mass is 16.5. The first-order valence-electron chi connectivity index (χ1n) is 12.0. The molecule has 0 bridgehead atoms. The van der Waals surface area contributed by atoms with Gasteiger partial charge in [0.1, 0.15) is 23.6 Å². The van der Waals surface area contributed by atoms with Crippen molar-refractivity contribution in [2.45, 2.75) is 19.8 Å². The van der Waals surface area contributed by atoms with Crippen molar-refractivity contribution < 1.29 is 14.3 Å². The number of carbonyl (C=O) groups is 2. The van der Waals surface area contributed by atoms with E-state index in [0.29, 0.717) is 31.0 Å². The standard InChI is InChI=1S/C28H26N6O3/c1-2-3-26(36)32-22-9-8-21(29-17-22)15-23(35)14-19-4-6-20(7-5-19)25-16-24-27(33-25)30-18-31-28(24)34-10-12-37-13-11-34/h4-9,16-18H,10-15H2,1H3,(H,32,36)(H,30,31,33). The Balaban J connectivity index is 1.22. The maximum atomic E-state index is 12.6. The van der Waals surface area contributed by atoms with Crippen molar-refractivity contribution in [1.82, 2.24) is 19.9 Å². The fourth-order valence-corrected chi connectivity index (χ4v) is 4.28. The van der Waals surface area contributed by atoms with E-state index in [1.54, 1.807) is 25.4 Å². The van der Waals surface area contributed by atoms with Crippen LogP contribution in [-0.2, 0) is 27.2 Å². The van der Waals surface area contributed by atoms with Gasteiger partial charge >= 0.3 is 0 Å². The third-order valence-electron chi connectivity index (χ3n) is 6.08. The second kappa shape index (κ2) is 11.0. The van der Waals surface area contributed by atoms with Crippen LogP contribution in [0.4, 0.5) is 11.5 Å². The van der Waals surface area contributed by atoms with Crippen molar-refractivity contribution in [2.75, 3.05) is 36.5 Å². The number of fused-ring (bicyclic) bond motifs is 1. The highest BCUT2D eigenvalue weighted by Crippen LogP contribution is 2.29. The molecule has 2 N–H and O–H groups in total. The lowest BCUT2D eigenvalue weighted by atomic mass is 10.0. The van der Waals surface area contributed by atoms with Gasteiger partial charge in [-0.1, -0.05) is 30.2 Å². The molecule has 1 aliphatic heterocycles. The molecule has 1 amide bonds. The second-order valence-corrected chi connectivity index (χ2v) is 8.70. The van der Waals surface area contributed by atoms with Crippen molar-refractivity contribution in [3.05, 3.63) is 66.2 Å². The van der Waals surface area contributed by atoms with Crippen molar-refractivity contribution in [3.63, 3.8) is 0 Å². The van der Waals surface area contributed by atoms with Gasteiger partial charge in [-0.2, -0.15) is 0 Å². The molecule has 0 atom stereocenters. The number of H-pyrrole nitrogens is 1. The Morgan fingerprint density at radius 2 is 1.86 bits per heavy atom. The number of nitrogens with one attached hydrogen (secondary N) is 2. The van der Waals surface area contributed by atoms with Crippen molar-refractivity contribution in [3.8, 4) is 23.1 Å². The zero-order chi connectivity index (χ0) is 25.6. The van der Waals surface area contributed by atoms with Crippen molar-refractivity contribution >= 4 is 34.2 Å². The summed E-state index contributed by atoms with van der Waals surface area (Å²) >= 11 is 0. The number of benzene rings is 1. The number of amides is 1. The molecule has 0 aliphatic carbocycles. The molecule has 1 saturated heterocycles. The number of aromatic amines is 1. The Morgan fingerprint density at radius 3 is 2.59 bits per heavy atom. The van der Waals surface area contributed by atoms with Crippen LogP contribution in [0.15, 0.2) is 55.0 Å². The molecular formula is C28H26N6O3. The molecular weight excluding hydrogens is 468 g/mol. The number of hydrogen-bond donors (Lipinski definition) is 2. The Hall–Kier alpha value is -4.55. The van der Waals surface area contributed by atoms with Crippen LogP contribution in [0.1, 0.15) is 18.2 Å². The van der Waals surface area contributed by atoms with Gasteiger partial charge in [0.25, 0.3) is 5.91 Å². The fraction of sp³-hybridized carbons (Fsp3) is 0.250. The van der Waals surface area contributed by atoms with Gasteiger partial charge in [-0.3, -0.25) is 14.6 Å². The summed E-state index contributed by atoms with van der Waals surface area (Å²) in [5, 5.41) is 3.61. The molecule has 9 heteroatoms. The van der Waals surface area contributed by atoms with E-state index in [0.717, 1.165) is 46.8 Å². The molecule has 9 nitrogen and oxygen atoms in total. The summed E-state index contributed by atoms with van der Waals surface area (Å²) in [6.45, 7) is 4.59. The molecule has 0 unspecified atom stereocenters. The van der Waals surface area contributed by atoms with Gasteiger partial charge in [0.15, 0.2) is 0 Å². The maximum Gasteiger partial charge on any atom is 0.300 e. The number of nitrogens with zero attached hydrogens (tertiary/aromatic N) is 4. The lowest BCUT2D eigenvalue weighted by molar-refractivity contribution is -0.117. The third-order valence-corrected chi connectivity index (χ3v) is 6.08. The smallest absolute Gasteiger partial charge is 0.300 e. The highest BCUT2D eigenvalue weighted by molar-refractivity contribution is 6.03. The second-order valence-electron chi connectivity index (χ2n) is 8.70. The molecule has 3 aromatic heterocycles. The number of anilines is 2. The van der Waals surface area contributed by atoms with Crippen LogP contribution in [0.3, 0.4) is 0 Å². The van der Waals surface area contributed by atoms with E-state index in [1.807, 2.05) is 24.3 Å². The predicted octanol–water partition coefficient (Wildman–Crippen LogP) is 3.17. The van der Waals surface area contributed by atoms with E-state index in [4.69, 9.17) is 4.74 Å². The molecule has 4 aromatic rings. The summed E-state index contributed by atoms with van der Waals surface area (Å²) in [5.41, 5.74) is 4.87. The van der Waals surface area contributed by atoms with Crippen molar-refractivity contribution in [2.24, 2.45) is 0 Å². The van der Waals surface area contributed by atoms with Gasteiger partial charge in [0, 0.05) is 37.3 Å². The van der Waals surface area contributed by atoms with Gasteiger partial charge in [0.2, 0.25) is 0 Å². The number of carbonyl (C=O) groups excluding carboxylic acids is 2. The van der Waals surface area contributed by atoms with Crippen LogP contribution in [0.2, 0.25) is 0 Å². The summed E-state index contributed by atoms with van der Waals surface area (Å²) in [6.07, 6.45) is 3.64. The molecule has 4 heterocycles. The quantitative estimate of drug-likeness (QED) is 0.380. The number of pyridine rings is 1. The van der Waals surface area contributed by atoms with Crippen LogP contribution in [0, 0.1) is 11.8 Å². The first-order chi connectivity index (χ1) is 18.1. The van der Waals surface area contributed by atoms with E-state index in [2.05, 4.69) is 48.1 Å². The van der Waals surface area contributed by atoms with Crippen LogP contribution < -0.4 is 10.2 Å². The molecule has 1 aliphatic rings. The van der Waals surface area contributed by atoms with E-state index in [1.165, 1.54) is 6.20 Å². The minimum absolute atomic E-state index is 0.0601. The number of aromatic nitrogens is 4. The number of morpholine rings is 1. The minimum Gasteiger partial charge on any atom is -0.378 e. The average Bonchev–Trinajstić information content (AvgIpc) is 3.35. The Kier molecular flexibility index (Phi) is 7.19. The Labute approximate surface area is 214 Å². The molecule has 37 heavy (non-hydrogen) atoms. The number of hydrogen-bond acceptors (Lipinski definition) is 7. The predicted molar refractivity (Wildman–Crippen MR) is 141 cm³/mol. The summed E-state index contributed by atoms with van der Waals surface area (Å²) in [7, 11) is 0. The zero-order valence-corrected chi connectivity index (χ0v) is 20.5. The first kappa shape index (κ1) is 24.2. The first-order valence-corrected chi connectivity index (χ1v) is 12.0. The molecule has 1 aromatic carbocycles. The van der Waals surface area contributed by atoms with Gasteiger partial charge in [0.05, 0.1) is 30.5 Å². The number of ketones is 1. The largest absolute Gasteiger partial charge is 0.378 e. The fourth-order valence-electron chi connectivity index (χ4n) is 4.28. The molecule has 186 valence electrons. The van der Waals surface area contributed by atoms with Crippen LogP contribution in [-0.4, -0.2) is 57.9 Å². The molecule has 5 rings (SSSR count). The topological polar surface area (TPSA) is 113 Å². The number of rotatable bonds is 7. The van der Waals surface area contributed by atoms with Gasteiger partial charge in [-0.05, 0) is 42.2 Å². The number of Topliss-reactive ketones (excluding diaryl/α,β-unsaturated/α-hetero) is 1. The Bertz CT molecular complexity index is 1480. The summed E-state index contributed by atoms with van der Waals surface area (Å²) in [4.78, 5) is 43.0. The average molecular weight is 495 g/mol. The zero-order valence-electron chi connectivity index (χ0n) is 20.5. The highest BCUT2D eigenvalue weighted by Gasteiger charge is 2.17. The molecule has 1 fully saturated rings. The SMILES string of the molecule is CC#CC(=O)Nc1ccc(CC(=O)Cc2ccc(-c3cc4c(N5CCOCC5)ncnc4[nH]3)cc2)nc1. The van der Waals surface area contributed by atoms with Crippen molar-refractivity contribution in [1.29, 1.82) is 0 Å². The van der Waals surface area contributed by atoms with Gasteiger partial charge in [-0.25, -0.2) is 9.97 Å². The maximum absolute atomic E-state index is 12.6. The molecule has 0 saturated carbocycles. The van der Waals surface area contributed by atoms with E-state index in [9.17, 15) is 9.59 Å². The van der Waals surface area contributed by atoms with Crippen LogP contribution in [0.25, 0.3) is 22.3 Å². The van der Waals surface area contributed by atoms with Gasteiger partial charge in [-0.15, -0.1) is 0 Å². The van der Waals surface area contributed by atoms with E-state index < -0.39 is 5.91 Å². The monoisotopic (exact) mass is 494 g/mol. The lowest BCUT2D eigenvalue weighted by Crippen LogP contribution is -2.36. The van der Waals surface area contributed by atoms with E-state index in [-0.39, 0.29) is 12.2 Å². The Morgan fingerprint density at radius 1 is 1.05 bits per heavy atom. The van der Waals surface area contributed by atoms with Crippen LogP contribution >= 0.6 is 0 Å². The molecule has 0 spiro atoms. The van der Waals surface area contributed by atoms with Crippen LogP contribution in [0.5, 0.6) is 0 Å². The lowest BCUT2D eigenvalue weighted by Gasteiger charge is -2.27. The minimum atomic E-state index is -0.394.